The van der Waals surface area contributed by atoms with E-state index in [-0.39, 0.29) is 5.91 Å². The smallest absolute Gasteiger partial charge is 0.226 e. The number of fused-ring (bicyclic) bond motifs is 2. The number of carboxylic acids is 1. The largest absolute Gasteiger partial charge is 0.550 e. The Morgan fingerprint density at radius 1 is 1.16 bits per heavy atom. The third-order valence-electron chi connectivity index (χ3n) is 3.80. The molecule has 0 saturated carbocycles. The Balaban J connectivity index is 1.84. The highest BCUT2D eigenvalue weighted by molar-refractivity contribution is 5.86. The van der Waals surface area contributed by atoms with Gasteiger partial charge in [0.2, 0.25) is 5.91 Å². The van der Waals surface area contributed by atoms with Crippen molar-refractivity contribution in [3.8, 4) is 0 Å². The van der Waals surface area contributed by atoms with Gasteiger partial charge in [-0.1, -0.05) is 38.3 Å². The van der Waals surface area contributed by atoms with Crippen LogP contribution in [0.5, 0.6) is 0 Å². The number of aliphatic carboxylic acids is 1. The fraction of sp³-hybridized carbons (Fsp3) is 0.714. The number of hydrogen-bond acceptors (Lipinski definition) is 4. The van der Waals surface area contributed by atoms with E-state index in [1.807, 2.05) is 0 Å². The van der Waals surface area contributed by atoms with Crippen LogP contribution in [-0.4, -0.2) is 30.6 Å². The number of carbonyl (C=O) groups is 2. The van der Waals surface area contributed by atoms with E-state index in [4.69, 9.17) is 4.74 Å². The second-order valence-electron chi connectivity index (χ2n) is 5.17. The minimum Gasteiger partial charge on any atom is -0.550 e. The van der Waals surface area contributed by atoms with E-state index >= 15 is 0 Å². The molecule has 2 aliphatic rings. The van der Waals surface area contributed by atoms with Crippen LogP contribution in [0.1, 0.15) is 32.6 Å². The van der Waals surface area contributed by atoms with Gasteiger partial charge in [0, 0.05) is 18.4 Å². The number of carbonyl (C=O) groups excluding carboxylic acids is 2. The summed E-state index contributed by atoms with van der Waals surface area (Å²) >= 11 is 0. The van der Waals surface area contributed by atoms with Crippen LogP contribution in [0.2, 0.25) is 0 Å². The van der Waals surface area contributed by atoms with Crippen molar-refractivity contribution in [3.63, 3.8) is 0 Å². The van der Waals surface area contributed by atoms with Crippen LogP contribution in [0, 0.1) is 11.8 Å². The number of rotatable bonds is 7. The van der Waals surface area contributed by atoms with Gasteiger partial charge in [-0.2, -0.15) is 0 Å². The summed E-state index contributed by atoms with van der Waals surface area (Å²) in [5.41, 5.74) is 0. The van der Waals surface area contributed by atoms with E-state index in [1.54, 1.807) is 12.2 Å². The molecule has 2 aliphatic heterocycles. The van der Waals surface area contributed by atoms with E-state index in [9.17, 15) is 14.7 Å². The van der Waals surface area contributed by atoms with Crippen molar-refractivity contribution in [1.29, 1.82) is 0 Å². The minimum atomic E-state index is -1.21. The zero-order valence-corrected chi connectivity index (χ0v) is 11.1. The van der Waals surface area contributed by atoms with Gasteiger partial charge in [0.05, 0.1) is 18.1 Å². The predicted octanol–water partition coefficient (Wildman–Crippen LogP) is 0.00240. The minimum absolute atomic E-state index is 0.234. The second-order valence-corrected chi connectivity index (χ2v) is 5.17. The summed E-state index contributed by atoms with van der Waals surface area (Å²) in [6, 6.07) is 0. The molecule has 0 aromatic heterocycles. The standard InChI is InChI=1S/C14H21NO4/c1-2-3-4-5-8-15-13(16)11-9-6-7-10(19-9)12(11)14(17)18/h6-7,9-12H,2-5,8H2,1H3,(H,15,16)(H,17,18)/p-1/t9-,10+,11+,12+/m1/s1. The molecule has 0 aromatic rings. The van der Waals surface area contributed by atoms with Crippen molar-refractivity contribution in [1.82, 2.24) is 5.32 Å². The number of amides is 1. The Labute approximate surface area is 113 Å². The first-order valence-corrected chi connectivity index (χ1v) is 6.97. The Bertz CT molecular complexity index is 380. The number of carboxylic acid groups (broad SMARTS) is 1. The highest BCUT2D eigenvalue weighted by Gasteiger charge is 2.49. The van der Waals surface area contributed by atoms with Gasteiger partial charge in [0.1, 0.15) is 0 Å². The number of ether oxygens (including phenoxy) is 1. The van der Waals surface area contributed by atoms with Gasteiger partial charge >= 0.3 is 0 Å². The summed E-state index contributed by atoms with van der Waals surface area (Å²) in [7, 11) is 0. The van der Waals surface area contributed by atoms with Gasteiger partial charge in [-0.05, 0) is 6.42 Å². The van der Waals surface area contributed by atoms with Crippen LogP contribution < -0.4 is 10.4 Å². The highest BCUT2D eigenvalue weighted by Crippen LogP contribution is 2.38. The topological polar surface area (TPSA) is 78.5 Å². The van der Waals surface area contributed by atoms with Crippen LogP contribution in [0.4, 0.5) is 0 Å². The fourth-order valence-electron chi connectivity index (χ4n) is 2.78. The molecular formula is C14H20NO4-. The lowest BCUT2D eigenvalue weighted by Gasteiger charge is -2.24. The summed E-state index contributed by atoms with van der Waals surface area (Å²) in [6.07, 6.45) is 6.85. The summed E-state index contributed by atoms with van der Waals surface area (Å²) in [6.45, 7) is 2.72. The molecule has 0 unspecified atom stereocenters. The molecule has 0 spiro atoms. The molecule has 2 rings (SSSR count). The highest BCUT2D eigenvalue weighted by atomic mass is 16.5. The van der Waals surface area contributed by atoms with E-state index in [0.717, 1.165) is 25.7 Å². The molecule has 19 heavy (non-hydrogen) atoms. The van der Waals surface area contributed by atoms with E-state index in [0.29, 0.717) is 6.54 Å². The van der Waals surface area contributed by atoms with E-state index in [2.05, 4.69) is 12.2 Å². The lowest BCUT2D eigenvalue weighted by Crippen LogP contribution is -2.47. The Kier molecular flexibility index (Phi) is 4.58. The van der Waals surface area contributed by atoms with Gasteiger partial charge < -0.3 is 20.0 Å². The molecule has 106 valence electrons. The molecule has 0 aromatic carbocycles. The van der Waals surface area contributed by atoms with Crippen LogP contribution in [0.15, 0.2) is 12.2 Å². The first kappa shape index (κ1) is 14.1. The predicted molar refractivity (Wildman–Crippen MR) is 66.9 cm³/mol. The van der Waals surface area contributed by atoms with Gasteiger partial charge in [0.25, 0.3) is 0 Å². The Morgan fingerprint density at radius 2 is 1.84 bits per heavy atom. The van der Waals surface area contributed by atoms with Crippen LogP contribution in [0.3, 0.4) is 0 Å². The molecule has 2 heterocycles. The zero-order valence-electron chi connectivity index (χ0n) is 11.1. The maximum atomic E-state index is 12.1. The quantitative estimate of drug-likeness (QED) is 0.520. The monoisotopic (exact) mass is 266 g/mol. The van der Waals surface area contributed by atoms with Crippen molar-refractivity contribution in [2.75, 3.05) is 6.54 Å². The van der Waals surface area contributed by atoms with Crippen molar-refractivity contribution >= 4 is 11.9 Å². The van der Waals surface area contributed by atoms with Crippen molar-refractivity contribution in [3.05, 3.63) is 12.2 Å². The Morgan fingerprint density at radius 3 is 2.47 bits per heavy atom. The van der Waals surface area contributed by atoms with Gasteiger partial charge in [0.15, 0.2) is 0 Å². The van der Waals surface area contributed by atoms with Crippen molar-refractivity contribution in [2.24, 2.45) is 11.8 Å². The van der Waals surface area contributed by atoms with Gasteiger partial charge in [-0.25, -0.2) is 0 Å². The van der Waals surface area contributed by atoms with Crippen molar-refractivity contribution < 1.29 is 19.4 Å². The average Bonchev–Trinajstić information content (AvgIpc) is 2.98. The van der Waals surface area contributed by atoms with Crippen LogP contribution in [0.25, 0.3) is 0 Å². The summed E-state index contributed by atoms with van der Waals surface area (Å²) in [5, 5.41) is 13.9. The first-order valence-electron chi connectivity index (χ1n) is 6.97. The molecule has 1 saturated heterocycles. The number of hydrogen-bond donors (Lipinski definition) is 1. The van der Waals surface area contributed by atoms with Crippen LogP contribution in [-0.2, 0) is 14.3 Å². The fourth-order valence-corrected chi connectivity index (χ4v) is 2.78. The summed E-state index contributed by atoms with van der Waals surface area (Å²) in [5.74, 6) is -2.94. The normalized spacial score (nSPS) is 31.6. The van der Waals surface area contributed by atoms with Gasteiger partial charge in [-0.15, -0.1) is 0 Å². The van der Waals surface area contributed by atoms with E-state index < -0.39 is 30.0 Å². The zero-order chi connectivity index (χ0) is 13.8. The third-order valence-corrected chi connectivity index (χ3v) is 3.80. The number of unbranched alkanes of at least 4 members (excludes halogenated alkanes) is 3. The lowest BCUT2D eigenvalue weighted by atomic mass is 9.82. The molecular weight excluding hydrogens is 246 g/mol. The number of nitrogens with one attached hydrogen (secondary N) is 1. The molecule has 1 fully saturated rings. The van der Waals surface area contributed by atoms with Crippen LogP contribution >= 0.6 is 0 Å². The molecule has 0 aliphatic carbocycles. The maximum absolute atomic E-state index is 12.1. The molecule has 4 atom stereocenters. The Hall–Kier alpha value is -1.36. The maximum Gasteiger partial charge on any atom is 0.226 e. The first-order chi connectivity index (χ1) is 9.15. The molecule has 1 N–H and O–H groups in total. The molecule has 0 radical (unpaired) electrons. The van der Waals surface area contributed by atoms with E-state index in [1.165, 1.54) is 0 Å². The average molecular weight is 266 g/mol. The summed E-state index contributed by atoms with van der Waals surface area (Å²) in [4.78, 5) is 23.2. The lowest BCUT2D eigenvalue weighted by molar-refractivity contribution is -0.313. The molecule has 1 amide bonds. The summed E-state index contributed by atoms with van der Waals surface area (Å²) < 4.78 is 5.43. The molecule has 5 nitrogen and oxygen atoms in total. The molecule has 2 bridgehead atoms. The van der Waals surface area contributed by atoms with Crippen molar-refractivity contribution in [2.45, 2.75) is 44.8 Å². The third kappa shape index (κ3) is 2.97. The molecule has 5 heteroatoms. The second kappa shape index (κ2) is 6.19. The SMILES string of the molecule is CCCCCCNC(=O)[C@@H]1[C@@H](C(=O)[O-])[C@@H]2C=C[C@H]1O2. The van der Waals surface area contributed by atoms with Gasteiger partial charge in [-0.3, -0.25) is 4.79 Å².